The van der Waals surface area contributed by atoms with E-state index in [2.05, 4.69) is 20.0 Å². The molecule has 0 aliphatic carbocycles. The van der Waals surface area contributed by atoms with Gasteiger partial charge in [-0.15, -0.1) is 0 Å². The van der Waals surface area contributed by atoms with Gasteiger partial charge in [0, 0.05) is 31.3 Å². The van der Waals surface area contributed by atoms with Crippen molar-refractivity contribution < 1.29 is 23.4 Å². The van der Waals surface area contributed by atoms with E-state index in [0.717, 1.165) is 0 Å². The first kappa shape index (κ1) is 26.4. The lowest BCUT2D eigenvalue weighted by atomic mass is 10.2. The minimum absolute atomic E-state index is 0.0311. The topological polar surface area (TPSA) is 145 Å². The molecular weight excluding hydrogens is 506 g/mol. The number of hydrogen-bond donors (Lipinski definition) is 4. The Hall–Kier alpha value is -4.64. The van der Waals surface area contributed by atoms with Gasteiger partial charge in [0.05, 0.1) is 15.9 Å². The quantitative estimate of drug-likeness (QED) is 0.213. The van der Waals surface area contributed by atoms with Crippen LogP contribution in [0.15, 0.2) is 95.3 Å². The van der Waals surface area contributed by atoms with Gasteiger partial charge in [0.1, 0.15) is 11.5 Å². The largest absolute Gasteiger partial charge is 0.509 e. The van der Waals surface area contributed by atoms with Crippen molar-refractivity contribution in [2.75, 3.05) is 21.5 Å². The highest BCUT2D eigenvalue weighted by molar-refractivity contribution is 7.92. The summed E-state index contributed by atoms with van der Waals surface area (Å²) in [6.07, 6.45) is 0.0967. The first-order valence-electron chi connectivity index (χ1n) is 11.7. The number of carbonyl (C=O) groups is 1. The van der Waals surface area contributed by atoms with Gasteiger partial charge >= 0.3 is 0 Å². The van der Waals surface area contributed by atoms with Crippen LogP contribution in [0.25, 0.3) is 11.0 Å². The highest BCUT2D eigenvalue weighted by atomic mass is 32.2. The molecule has 38 heavy (non-hydrogen) atoms. The Bertz CT molecular complexity index is 1590. The predicted octanol–water partition coefficient (Wildman–Crippen LogP) is 5.26. The Morgan fingerprint density at radius 3 is 2.00 bits per heavy atom. The van der Waals surface area contributed by atoms with E-state index in [0.29, 0.717) is 22.4 Å². The van der Waals surface area contributed by atoms with E-state index >= 15 is 0 Å². The molecule has 3 aromatic carbocycles. The number of sulfonamides is 1. The maximum atomic E-state index is 13.0. The number of para-hydroxylation sites is 2. The van der Waals surface area contributed by atoms with Gasteiger partial charge in [-0.3, -0.25) is 9.52 Å². The van der Waals surface area contributed by atoms with Gasteiger partial charge < -0.3 is 20.4 Å². The van der Waals surface area contributed by atoms with E-state index in [9.17, 15) is 23.4 Å². The molecule has 11 heteroatoms. The van der Waals surface area contributed by atoms with Crippen LogP contribution in [-0.2, 0) is 14.8 Å². The monoisotopic (exact) mass is 533 g/mol. The molecular formula is C27H27N5O5S. The van der Waals surface area contributed by atoms with Gasteiger partial charge in [0.25, 0.3) is 10.0 Å². The fraction of sp³-hybridized carbons (Fsp3) is 0.148. The Morgan fingerprint density at radius 1 is 0.842 bits per heavy atom. The van der Waals surface area contributed by atoms with E-state index in [1.807, 2.05) is 6.07 Å². The van der Waals surface area contributed by atoms with Crippen LogP contribution in [0.5, 0.6) is 0 Å². The molecule has 196 valence electrons. The van der Waals surface area contributed by atoms with E-state index in [1.54, 1.807) is 60.7 Å². The normalized spacial score (nSPS) is 12.1. The van der Waals surface area contributed by atoms with Crippen LogP contribution in [0.3, 0.4) is 0 Å². The van der Waals surface area contributed by atoms with Crippen LogP contribution in [0.2, 0.25) is 0 Å². The number of fused-ring (bicyclic) bond motifs is 1. The zero-order chi connectivity index (χ0) is 27.3. The van der Waals surface area contributed by atoms with Crippen LogP contribution in [-0.4, -0.2) is 41.1 Å². The molecule has 0 radical (unpaired) electrons. The van der Waals surface area contributed by atoms with Crippen molar-refractivity contribution in [3.8, 4) is 0 Å². The predicted molar refractivity (Wildman–Crippen MR) is 147 cm³/mol. The third-order valence-electron chi connectivity index (χ3n) is 5.67. The molecule has 0 spiro atoms. The molecule has 4 aromatic rings. The molecule has 0 atom stereocenters. The second-order valence-electron chi connectivity index (χ2n) is 8.45. The van der Waals surface area contributed by atoms with Crippen molar-refractivity contribution in [2.24, 2.45) is 0 Å². The number of rotatable bonds is 9. The van der Waals surface area contributed by atoms with E-state index in [4.69, 9.17) is 0 Å². The number of nitrogens with one attached hydrogen (secondary N) is 2. The van der Waals surface area contributed by atoms with Crippen molar-refractivity contribution in [2.45, 2.75) is 25.2 Å². The molecule has 4 rings (SSSR count). The second-order valence-corrected chi connectivity index (χ2v) is 10.1. The minimum Gasteiger partial charge on any atom is -0.509 e. The lowest BCUT2D eigenvalue weighted by molar-refractivity contribution is -0.116. The molecule has 0 bridgehead atoms. The molecule has 0 unspecified atom stereocenters. The molecule has 0 saturated carbocycles. The fourth-order valence-corrected chi connectivity index (χ4v) is 4.70. The number of hydrogen-bond acceptors (Lipinski definition) is 8. The first-order valence-corrected chi connectivity index (χ1v) is 13.2. The van der Waals surface area contributed by atoms with E-state index in [1.165, 1.54) is 30.9 Å². The van der Waals surface area contributed by atoms with Gasteiger partial charge in [-0.25, -0.2) is 18.4 Å². The van der Waals surface area contributed by atoms with Gasteiger partial charge in [-0.1, -0.05) is 30.3 Å². The van der Waals surface area contributed by atoms with Crippen molar-refractivity contribution in [1.29, 1.82) is 0 Å². The molecule has 1 heterocycles. The Balaban J connectivity index is 1.63. The average Bonchev–Trinajstić information content (AvgIpc) is 2.90. The molecule has 0 fully saturated rings. The fourth-order valence-electron chi connectivity index (χ4n) is 3.67. The number of carbonyl (C=O) groups excluding carboxylic acids is 1. The van der Waals surface area contributed by atoms with Crippen LogP contribution in [0, 0.1) is 0 Å². The third-order valence-corrected chi connectivity index (χ3v) is 7.02. The number of allylic oxidation sites excluding steroid dienone is 1. The first-order chi connectivity index (χ1) is 18.1. The standard InChI is InChI=1S/C27H27N5O5S/c1-18(33)25(35)16-17-32(19(2)34)21-14-12-20(13-15-21)28-26-27(30-24-11-7-6-10-23(24)29-26)31-38(36,37)22-8-4-3-5-9-22/h3-15,33,35H,16-17H2,1-2H3,(H,28,29)(H,30,31)/b25-18+. The summed E-state index contributed by atoms with van der Waals surface area (Å²) in [5, 5.41) is 22.3. The zero-order valence-corrected chi connectivity index (χ0v) is 21.6. The summed E-state index contributed by atoms with van der Waals surface area (Å²) in [5.41, 5.74) is 2.26. The number of amides is 1. The Morgan fingerprint density at radius 2 is 1.42 bits per heavy atom. The minimum atomic E-state index is -3.92. The molecule has 10 nitrogen and oxygen atoms in total. The van der Waals surface area contributed by atoms with Crippen molar-refractivity contribution in [3.63, 3.8) is 0 Å². The highest BCUT2D eigenvalue weighted by Gasteiger charge is 2.19. The van der Waals surface area contributed by atoms with Crippen molar-refractivity contribution in [3.05, 3.63) is 90.4 Å². The number of benzene rings is 3. The SMILES string of the molecule is CC(=O)N(CC/C(O)=C(/C)O)c1ccc(Nc2nc3ccccc3nc2NS(=O)(=O)c2ccccc2)cc1. The highest BCUT2D eigenvalue weighted by Crippen LogP contribution is 2.28. The third kappa shape index (κ3) is 6.19. The average molecular weight is 534 g/mol. The lowest BCUT2D eigenvalue weighted by Gasteiger charge is -2.21. The maximum Gasteiger partial charge on any atom is 0.263 e. The molecule has 1 amide bonds. The maximum absolute atomic E-state index is 13.0. The lowest BCUT2D eigenvalue weighted by Crippen LogP contribution is -2.29. The second kappa shape index (κ2) is 11.2. The number of aromatic nitrogens is 2. The number of nitrogens with zero attached hydrogens (tertiary/aromatic N) is 3. The van der Waals surface area contributed by atoms with E-state index in [-0.39, 0.29) is 46.9 Å². The summed E-state index contributed by atoms with van der Waals surface area (Å²) in [4.78, 5) is 22.8. The Kier molecular flexibility index (Phi) is 7.77. The van der Waals surface area contributed by atoms with E-state index < -0.39 is 10.0 Å². The molecule has 0 aliphatic heterocycles. The summed E-state index contributed by atoms with van der Waals surface area (Å²) in [5.74, 6) is -0.373. The molecule has 1 aromatic heterocycles. The molecule has 4 N–H and O–H groups in total. The van der Waals surface area contributed by atoms with Gasteiger partial charge in [-0.05, 0) is 55.5 Å². The van der Waals surface area contributed by atoms with Crippen molar-refractivity contribution in [1.82, 2.24) is 9.97 Å². The number of aliphatic hydroxyl groups is 2. The zero-order valence-electron chi connectivity index (χ0n) is 20.8. The Labute approximate surface area is 220 Å². The molecule has 0 aliphatic rings. The van der Waals surface area contributed by atoms with Crippen LogP contribution in [0.4, 0.5) is 23.0 Å². The number of aliphatic hydroxyl groups excluding tert-OH is 2. The van der Waals surface area contributed by atoms with Gasteiger partial charge in [0.15, 0.2) is 11.6 Å². The number of anilines is 4. The van der Waals surface area contributed by atoms with Gasteiger partial charge in [-0.2, -0.15) is 0 Å². The van der Waals surface area contributed by atoms with Crippen LogP contribution >= 0.6 is 0 Å². The summed E-state index contributed by atoms with van der Waals surface area (Å²) in [6, 6.07) is 21.9. The summed E-state index contributed by atoms with van der Waals surface area (Å²) in [6.45, 7) is 2.96. The molecule has 0 saturated heterocycles. The summed E-state index contributed by atoms with van der Waals surface area (Å²) >= 11 is 0. The summed E-state index contributed by atoms with van der Waals surface area (Å²) < 4.78 is 28.5. The van der Waals surface area contributed by atoms with Crippen molar-refractivity contribution >= 4 is 50.0 Å². The van der Waals surface area contributed by atoms with Crippen LogP contribution in [0.1, 0.15) is 20.3 Å². The summed E-state index contributed by atoms with van der Waals surface area (Å²) in [7, 11) is -3.92. The smallest absolute Gasteiger partial charge is 0.263 e. The van der Waals surface area contributed by atoms with Gasteiger partial charge in [0.2, 0.25) is 5.91 Å². The van der Waals surface area contributed by atoms with Crippen LogP contribution < -0.4 is 14.9 Å².